The van der Waals surface area contributed by atoms with Gasteiger partial charge in [-0.1, -0.05) is 19.1 Å². The van der Waals surface area contributed by atoms with Crippen LogP contribution in [0.4, 0.5) is 0 Å². The van der Waals surface area contributed by atoms with Crippen molar-refractivity contribution >= 4 is 43.9 Å². The molecule has 0 aliphatic carbocycles. The molecule has 1 aliphatic heterocycles. The number of rotatable bonds is 6. The van der Waals surface area contributed by atoms with Crippen LogP contribution in [-0.4, -0.2) is 38.1 Å². The molecule has 0 bridgehead atoms. The molecule has 0 unspecified atom stereocenters. The van der Waals surface area contributed by atoms with Gasteiger partial charge in [0.25, 0.3) is 0 Å². The Labute approximate surface area is 184 Å². The van der Waals surface area contributed by atoms with Crippen molar-refractivity contribution in [3.8, 4) is 16.9 Å². The largest absolute Gasteiger partial charge is 0.492 e. The topological polar surface area (TPSA) is 96.1 Å². The fourth-order valence-electron chi connectivity index (χ4n) is 3.66. The highest BCUT2D eigenvalue weighted by Gasteiger charge is 2.28. The van der Waals surface area contributed by atoms with E-state index in [-0.39, 0.29) is 10.3 Å². The average Bonchev–Trinajstić information content (AvgIpc) is 3.18. The average molecular weight is 526 g/mol. The number of piperidine rings is 1. The van der Waals surface area contributed by atoms with Crippen LogP contribution in [0.1, 0.15) is 19.8 Å². The summed E-state index contributed by atoms with van der Waals surface area (Å²) in [4.78, 5) is 7.84. The van der Waals surface area contributed by atoms with Crippen LogP contribution < -0.4 is 13.0 Å². The van der Waals surface area contributed by atoms with Gasteiger partial charge < -0.3 is 15.0 Å². The Morgan fingerprint density at radius 3 is 2.62 bits per heavy atom. The van der Waals surface area contributed by atoms with E-state index in [1.165, 1.54) is 0 Å². The minimum absolute atomic E-state index is 0.153. The molecule has 4 rings (SSSR count). The fourth-order valence-corrected chi connectivity index (χ4v) is 5.01. The van der Waals surface area contributed by atoms with Crippen molar-refractivity contribution in [2.45, 2.75) is 24.7 Å². The molecule has 2 aromatic heterocycles. The molecular formula is C20H23IN4O3S. The number of halogens is 1. The summed E-state index contributed by atoms with van der Waals surface area (Å²) in [7, 11) is -3.48. The number of nitrogens with one attached hydrogen (secondary N) is 3. The molecule has 154 valence electrons. The van der Waals surface area contributed by atoms with Gasteiger partial charge in [-0.3, -0.25) is 0 Å². The number of sulfonamides is 1. The molecule has 0 amide bonds. The maximum absolute atomic E-state index is 12.0. The van der Waals surface area contributed by atoms with Crippen LogP contribution in [0.3, 0.4) is 0 Å². The van der Waals surface area contributed by atoms with Gasteiger partial charge in [-0.15, -0.1) is 0 Å². The smallest absolute Gasteiger partial charge is 0.249 e. The highest BCUT2D eigenvalue weighted by molar-refractivity contribution is 14.1. The van der Waals surface area contributed by atoms with Gasteiger partial charge in [-0.2, -0.15) is 2.94 Å². The highest BCUT2D eigenvalue weighted by Crippen LogP contribution is 2.36. The standard InChI is InChI=1S/C20H23IN4O3S/c1-20(7-10-22-11-8-20)13-28-17-6-9-23-19-18(17)16(12-24-19)14-2-4-15(5-3-14)29(26,27)25-21/h2-6,9,12,22,25H,7-8,10-11,13H2,1H3,(H,23,24). The first-order valence-electron chi connectivity index (χ1n) is 9.44. The summed E-state index contributed by atoms with van der Waals surface area (Å²) in [5, 5.41) is 4.31. The van der Waals surface area contributed by atoms with Gasteiger partial charge in [0.15, 0.2) is 0 Å². The maximum Gasteiger partial charge on any atom is 0.249 e. The molecule has 1 aliphatic rings. The first-order valence-corrected chi connectivity index (χ1v) is 12.0. The highest BCUT2D eigenvalue weighted by atomic mass is 127. The molecule has 1 aromatic carbocycles. The zero-order valence-electron chi connectivity index (χ0n) is 16.0. The van der Waals surface area contributed by atoms with Crippen LogP contribution in [0.2, 0.25) is 0 Å². The van der Waals surface area contributed by atoms with Gasteiger partial charge in [0.1, 0.15) is 11.4 Å². The minimum atomic E-state index is -3.48. The van der Waals surface area contributed by atoms with Crippen LogP contribution in [-0.2, 0) is 10.0 Å². The molecule has 0 atom stereocenters. The number of H-pyrrole nitrogens is 1. The summed E-state index contributed by atoms with van der Waals surface area (Å²) >= 11 is 1.63. The van der Waals surface area contributed by atoms with Gasteiger partial charge in [0, 0.05) is 46.2 Å². The second-order valence-corrected chi connectivity index (χ2v) is 10.6. The Bertz CT molecular complexity index is 1110. The number of nitrogens with zero attached hydrogens (tertiary/aromatic N) is 1. The Balaban J connectivity index is 1.66. The predicted octanol–water partition coefficient (Wildman–Crippen LogP) is 3.63. The summed E-state index contributed by atoms with van der Waals surface area (Å²) in [6.07, 6.45) is 5.80. The van der Waals surface area contributed by atoms with Gasteiger partial charge >= 0.3 is 0 Å². The summed E-state index contributed by atoms with van der Waals surface area (Å²) in [5.74, 6) is 0.789. The third kappa shape index (κ3) is 4.27. The molecule has 1 fully saturated rings. The van der Waals surface area contributed by atoms with E-state index in [0.717, 1.165) is 53.8 Å². The molecule has 3 N–H and O–H groups in total. The summed E-state index contributed by atoms with van der Waals surface area (Å²) in [6, 6.07) is 8.69. The Hall–Kier alpha value is -1.69. The predicted molar refractivity (Wildman–Crippen MR) is 122 cm³/mol. The molecular weight excluding hydrogens is 503 g/mol. The Morgan fingerprint density at radius 1 is 1.21 bits per heavy atom. The minimum Gasteiger partial charge on any atom is -0.492 e. The molecule has 1 saturated heterocycles. The van der Waals surface area contributed by atoms with Crippen molar-refractivity contribution in [2.24, 2.45) is 5.41 Å². The molecule has 0 saturated carbocycles. The second-order valence-electron chi connectivity index (χ2n) is 7.69. The number of hydrogen-bond acceptors (Lipinski definition) is 5. The van der Waals surface area contributed by atoms with Crippen molar-refractivity contribution in [3.63, 3.8) is 0 Å². The zero-order valence-corrected chi connectivity index (χ0v) is 19.0. The van der Waals surface area contributed by atoms with E-state index in [4.69, 9.17) is 4.74 Å². The molecule has 9 heteroatoms. The van der Waals surface area contributed by atoms with Crippen molar-refractivity contribution in [2.75, 3.05) is 19.7 Å². The number of pyridine rings is 1. The SMILES string of the molecule is CC1(COc2ccnc3[nH]cc(-c4ccc(S(=O)(=O)NI)cc4)c23)CCNCC1. The third-order valence-electron chi connectivity index (χ3n) is 5.50. The van der Waals surface area contributed by atoms with E-state index < -0.39 is 10.0 Å². The maximum atomic E-state index is 12.0. The number of ether oxygens (including phenoxy) is 1. The number of hydrogen-bond donors (Lipinski definition) is 3. The van der Waals surface area contributed by atoms with E-state index in [0.29, 0.717) is 6.61 Å². The monoisotopic (exact) mass is 526 g/mol. The molecule has 3 heterocycles. The van der Waals surface area contributed by atoms with Crippen LogP contribution >= 0.6 is 22.9 Å². The van der Waals surface area contributed by atoms with Gasteiger partial charge in [0.2, 0.25) is 10.0 Å². The van der Waals surface area contributed by atoms with Gasteiger partial charge in [-0.05, 0) is 49.7 Å². The lowest BCUT2D eigenvalue weighted by molar-refractivity contribution is 0.124. The first kappa shape index (κ1) is 20.6. The van der Waals surface area contributed by atoms with Crippen LogP contribution in [0.5, 0.6) is 5.75 Å². The van der Waals surface area contributed by atoms with E-state index in [1.807, 2.05) is 12.3 Å². The lowest BCUT2D eigenvalue weighted by Gasteiger charge is -2.33. The molecule has 0 radical (unpaired) electrons. The Kier molecular flexibility index (Phi) is 5.83. The van der Waals surface area contributed by atoms with Crippen LogP contribution in [0, 0.1) is 5.41 Å². The van der Waals surface area contributed by atoms with Crippen molar-refractivity contribution in [3.05, 3.63) is 42.7 Å². The molecule has 29 heavy (non-hydrogen) atoms. The van der Waals surface area contributed by atoms with Crippen LogP contribution in [0.15, 0.2) is 47.6 Å². The second kappa shape index (κ2) is 8.21. The zero-order chi connectivity index (χ0) is 20.5. The van der Waals surface area contributed by atoms with E-state index in [9.17, 15) is 8.42 Å². The summed E-state index contributed by atoms with van der Waals surface area (Å²) < 4.78 is 32.5. The number of aromatic amines is 1. The molecule has 0 spiro atoms. The molecule has 3 aromatic rings. The van der Waals surface area contributed by atoms with Crippen molar-refractivity contribution in [1.29, 1.82) is 0 Å². The van der Waals surface area contributed by atoms with Crippen LogP contribution in [0.25, 0.3) is 22.2 Å². The summed E-state index contributed by atoms with van der Waals surface area (Å²) in [5.41, 5.74) is 2.73. The number of benzene rings is 1. The Morgan fingerprint density at radius 2 is 1.93 bits per heavy atom. The lowest BCUT2D eigenvalue weighted by Crippen LogP contribution is -2.38. The van der Waals surface area contributed by atoms with Crippen molar-refractivity contribution in [1.82, 2.24) is 18.2 Å². The summed E-state index contributed by atoms with van der Waals surface area (Å²) in [6.45, 7) is 4.95. The fraction of sp³-hybridized carbons (Fsp3) is 0.350. The number of fused-ring (bicyclic) bond motifs is 1. The van der Waals surface area contributed by atoms with E-state index in [2.05, 4.69) is 25.1 Å². The van der Waals surface area contributed by atoms with Crippen molar-refractivity contribution < 1.29 is 13.2 Å². The van der Waals surface area contributed by atoms with Gasteiger partial charge in [-0.25, -0.2) is 13.4 Å². The van der Waals surface area contributed by atoms with Gasteiger partial charge in [0.05, 0.1) is 16.9 Å². The quantitative estimate of drug-likeness (QED) is 0.337. The normalized spacial score (nSPS) is 16.8. The van der Waals surface area contributed by atoms with E-state index >= 15 is 0 Å². The third-order valence-corrected chi connectivity index (χ3v) is 8.33. The number of aromatic nitrogens is 2. The first-order chi connectivity index (χ1) is 13.9. The molecule has 7 nitrogen and oxygen atoms in total. The van der Waals surface area contributed by atoms with E-state index in [1.54, 1.807) is 53.3 Å². The lowest BCUT2D eigenvalue weighted by atomic mass is 9.82.